The Labute approximate surface area is 187 Å². The summed E-state index contributed by atoms with van der Waals surface area (Å²) in [6, 6.07) is 28.8. The average Bonchev–Trinajstić information content (AvgIpc) is 2.86. The van der Waals surface area contributed by atoms with Gasteiger partial charge in [0.25, 0.3) is 0 Å². The molecular weight excluding hydrogens is 396 g/mol. The number of Topliss-reactive ketones (excluding diaryl/α,β-unsaturated/α-hetero) is 2. The van der Waals surface area contributed by atoms with E-state index in [1.807, 2.05) is 109 Å². The van der Waals surface area contributed by atoms with Crippen molar-refractivity contribution in [3.8, 4) is 0 Å². The van der Waals surface area contributed by atoms with Gasteiger partial charge >= 0.3 is 0 Å². The molecule has 1 aliphatic carbocycles. The Bertz CT molecular complexity index is 1250. The summed E-state index contributed by atoms with van der Waals surface area (Å²) in [6.07, 6.45) is 6.21. The molecule has 0 saturated heterocycles. The molecule has 32 heavy (non-hydrogen) atoms. The predicted molar refractivity (Wildman–Crippen MR) is 125 cm³/mol. The molecule has 3 nitrogen and oxygen atoms in total. The zero-order valence-electron chi connectivity index (χ0n) is 17.5. The fourth-order valence-corrected chi connectivity index (χ4v) is 4.32. The molecule has 0 spiro atoms. The number of allylic oxidation sites excluding steroid dienone is 5. The van der Waals surface area contributed by atoms with Crippen LogP contribution in [0.2, 0.25) is 0 Å². The molecule has 3 heteroatoms. The van der Waals surface area contributed by atoms with Crippen LogP contribution in [0.5, 0.6) is 0 Å². The van der Waals surface area contributed by atoms with Gasteiger partial charge in [0.15, 0.2) is 17.1 Å². The van der Waals surface area contributed by atoms with Crippen molar-refractivity contribution in [3.63, 3.8) is 0 Å². The van der Waals surface area contributed by atoms with Crippen molar-refractivity contribution < 1.29 is 14.3 Å². The highest BCUT2D eigenvalue weighted by atomic mass is 16.5. The number of ketones is 2. The largest absolute Gasteiger partial charge is 0.474 e. The molecule has 1 aliphatic heterocycles. The van der Waals surface area contributed by atoms with Gasteiger partial charge in [0.2, 0.25) is 5.78 Å². The van der Waals surface area contributed by atoms with Crippen molar-refractivity contribution in [1.82, 2.24) is 0 Å². The van der Waals surface area contributed by atoms with E-state index in [2.05, 4.69) is 0 Å². The molecular formula is C29H22O3. The van der Waals surface area contributed by atoms with Gasteiger partial charge in [-0.2, -0.15) is 0 Å². The molecule has 0 bridgehead atoms. The lowest BCUT2D eigenvalue weighted by atomic mass is 9.79. The van der Waals surface area contributed by atoms with Crippen LogP contribution >= 0.6 is 0 Å². The van der Waals surface area contributed by atoms with E-state index < -0.39 is 5.60 Å². The Morgan fingerprint density at radius 3 is 2.16 bits per heavy atom. The number of rotatable bonds is 5. The number of ether oxygens (including phenoxy) is 1. The average molecular weight is 418 g/mol. The van der Waals surface area contributed by atoms with Crippen LogP contribution in [-0.2, 0) is 15.1 Å². The zero-order valence-corrected chi connectivity index (χ0v) is 17.5. The molecule has 0 fully saturated rings. The molecule has 0 saturated carbocycles. The molecule has 3 aromatic rings. The van der Waals surface area contributed by atoms with E-state index in [0.29, 0.717) is 17.7 Å². The standard InChI is InChI=1S/C29H22O3/c30-26-18-10-17-24-25(21-11-4-1-5-12-21)19-29(32-28(24)26,23-15-8-3-9-16-23)20-27(31)22-13-6-2-7-14-22/h1-17,19H,18,20H2. The Kier molecular flexibility index (Phi) is 5.16. The van der Waals surface area contributed by atoms with Gasteiger partial charge in [-0.05, 0) is 22.8 Å². The minimum Gasteiger partial charge on any atom is -0.474 e. The Hall–Kier alpha value is -3.98. The summed E-state index contributed by atoms with van der Waals surface area (Å²) in [5, 5.41) is 0. The highest BCUT2D eigenvalue weighted by Gasteiger charge is 2.42. The van der Waals surface area contributed by atoms with Crippen LogP contribution in [0.15, 0.2) is 121 Å². The van der Waals surface area contributed by atoms with Gasteiger partial charge in [0, 0.05) is 17.6 Å². The predicted octanol–water partition coefficient (Wildman–Crippen LogP) is 6.05. The summed E-state index contributed by atoms with van der Waals surface area (Å²) in [6.45, 7) is 0. The van der Waals surface area contributed by atoms with E-state index in [1.165, 1.54) is 0 Å². The van der Waals surface area contributed by atoms with Crippen molar-refractivity contribution in [3.05, 3.63) is 137 Å². The van der Waals surface area contributed by atoms with Crippen molar-refractivity contribution in [2.45, 2.75) is 18.4 Å². The fraction of sp³-hybridized carbons (Fsp3) is 0.103. The van der Waals surface area contributed by atoms with Crippen molar-refractivity contribution in [2.75, 3.05) is 0 Å². The SMILES string of the molecule is O=C1CC=CC2=C1OC(CC(=O)c1ccccc1)(c1ccccc1)C=C2c1ccccc1. The summed E-state index contributed by atoms with van der Waals surface area (Å²) < 4.78 is 6.50. The first-order chi connectivity index (χ1) is 15.7. The van der Waals surface area contributed by atoms with Crippen LogP contribution in [0.3, 0.4) is 0 Å². The zero-order chi connectivity index (χ0) is 22.0. The molecule has 156 valence electrons. The highest BCUT2D eigenvalue weighted by molar-refractivity contribution is 6.04. The molecule has 2 aliphatic rings. The Morgan fingerprint density at radius 1 is 0.844 bits per heavy atom. The molecule has 0 N–H and O–H groups in total. The molecule has 1 atom stereocenters. The fourth-order valence-electron chi connectivity index (χ4n) is 4.32. The quantitative estimate of drug-likeness (QED) is 0.474. The van der Waals surface area contributed by atoms with E-state index in [1.54, 1.807) is 0 Å². The second-order valence-electron chi connectivity index (χ2n) is 8.02. The van der Waals surface area contributed by atoms with Crippen LogP contribution in [0.1, 0.15) is 34.3 Å². The van der Waals surface area contributed by atoms with Crippen LogP contribution < -0.4 is 0 Å². The highest BCUT2D eigenvalue weighted by Crippen LogP contribution is 2.46. The Balaban J connectivity index is 1.70. The van der Waals surface area contributed by atoms with E-state index in [4.69, 9.17) is 4.74 Å². The third-order valence-corrected chi connectivity index (χ3v) is 5.90. The minimum absolute atomic E-state index is 0.0408. The second-order valence-corrected chi connectivity index (χ2v) is 8.02. The lowest BCUT2D eigenvalue weighted by Crippen LogP contribution is -2.35. The van der Waals surface area contributed by atoms with Gasteiger partial charge in [-0.15, -0.1) is 0 Å². The van der Waals surface area contributed by atoms with Crippen LogP contribution in [0.4, 0.5) is 0 Å². The van der Waals surface area contributed by atoms with Gasteiger partial charge in [0.1, 0.15) is 0 Å². The number of carbonyl (C=O) groups is 2. The minimum atomic E-state index is -1.08. The van der Waals surface area contributed by atoms with E-state index in [9.17, 15) is 9.59 Å². The maximum absolute atomic E-state index is 13.4. The maximum Gasteiger partial charge on any atom is 0.201 e. The maximum atomic E-state index is 13.4. The molecule has 0 aromatic heterocycles. The summed E-state index contributed by atoms with van der Waals surface area (Å²) in [5.74, 6) is 0.219. The molecule has 3 aromatic carbocycles. The molecule has 0 radical (unpaired) electrons. The molecule has 0 amide bonds. The van der Waals surface area contributed by atoms with Crippen molar-refractivity contribution in [2.24, 2.45) is 0 Å². The van der Waals surface area contributed by atoms with Gasteiger partial charge in [-0.3, -0.25) is 9.59 Å². The number of carbonyl (C=O) groups excluding carboxylic acids is 2. The van der Waals surface area contributed by atoms with Crippen LogP contribution in [-0.4, -0.2) is 11.6 Å². The first kappa shape index (κ1) is 20.0. The summed E-state index contributed by atoms with van der Waals surface area (Å²) in [4.78, 5) is 26.3. The van der Waals surface area contributed by atoms with Crippen molar-refractivity contribution >= 4 is 17.1 Å². The molecule has 5 rings (SSSR count). The normalized spacial score (nSPS) is 19.8. The monoisotopic (exact) mass is 418 g/mol. The topological polar surface area (TPSA) is 43.4 Å². The summed E-state index contributed by atoms with van der Waals surface area (Å²) >= 11 is 0. The first-order valence-electron chi connectivity index (χ1n) is 10.7. The molecule has 1 heterocycles. The number of benzene rings is 3. The van der Waals surface area contributed by atoms with E-state index in [-0.39, 0.29) is 18.0 Å². The summed E-state index contributed by atoms with van der Waals surface area (Å²) in [5.41, 5.74) is 3.03. The first-order valence-corrected chi connectivity index (χ1v) is 10.7. The van der Waals surface area contributed by atoms with Gasteiger partial charge < -0.3 is 4.74 Å². The lowest BCUT2D eigenvalue weighted by molar-refractivity contribution is -0.121. The number of hydrogen-bond acceptors (Lipinski definition) is 3. The second kappa shape index (κ2) is 8.27. The smallest absolute Gasteiger partial charge is 0.201 e. The van der Waals surface area contributed by atoms with E-state index in [0.717, 1.165) is 22.3 Å². The van der Waals surface area contributed by atoms with E-state index >= 15 is 0 Å². The number of hydrogen-bond donors (Lipinski definition) is 0. The van der Waals surface area contributed by atoms with Crippen LogP contribution in [0.25, 0.3) is 5.57 Å². The van der Waals surface area contributed by atoms with Gasteiger partial charge in [0.05, 0.1) is 6.42 Å². The van der Waals surface area contributed by atoms with Crippen LogP contribution in [0, 0.1) is 0 Å². The van der Waals surface area contributed by atoms with Gasteiger partial charge in [-0.25, -0.2) is 0 Å². The third-order valence-electron chi connectivity index (χ3n) is 5.90. The van der Waals surface area contributed by atoms with Gasteiger partial charge in [-0.1, -0.05) is 103 Å². The Morgan fingerprint density at radius 2 is 1.47 bits per heavy atom. The third kappa shape index (κ3) is 3.63. The lowest BCUT2D eigenvalue weighted by Gasteiger charge is -2.38. The molecule has 1 unspecified atom stereocenters. The van der Waals surface area contributed by atoms with Crippen molar-refractivity contribution in [1.29, 1.82) is 0 Å². The summed E-state index contributed by atoms with van der Waals surface area (Å²) in [7, 11) is 0.